The molecule has 0 bridgehead atoms. The van der Waals surface area contributed by atoms with Crippen LogP contribution in [0.1, 0.15) is 21.6 Å². The Labute approximate surface area is 127 Å². The Bertz CT molecular complexity index is 842. The predicted octanol–water partition coefficient (Wildman–Crippen LogP) is 4.38. The third kappa shape index (κ3) is 2.52. The van der Waals surface area contributed by atoms with E-state index in [4.69, 9.17) is 11.6 Å². The molecule has 0 fully saturated rings. The topological polar surface area (TPSA) is 42.9 Å². The second-order valence-corrected chi connectivity index (χ2v) is 5.44. The Balaban J connectivity index is 2.28. The van der Waals surface area contributed by atoms with Gasteiger partial charge in [0.05, 0.1) is 11.0 Å². The molecule has 0 atom stereocenters. The van der Waals surface area contributed by atoms with Crippen molar-refractivity contribution in [1.29, 1.82) is 0 Å². The van der Waals surface area contributed by atoms with Crippen LogP contribution in [0.3, 0.4) is 0 Å². The second kappa shape index (κ2) is 5.26. The van der Waals surface area contributed by atoms with Gasteiger partial charge in [-0.2, -0.15) is 0 Å². The van der Waals surface area contributed by atoms with Gasteiger partial charge in [0.25, 0.3) is 0 Å². The molecule has 2 aromatic carbocycles. The van der Waals surface area contributed by atoms with Crippen molar-refractivity contribution in [3.8, 4) is 11.3 Å². The Morgan fingerprint density at radius 1 is 0.952 bits per heavy atom. The number of halogens is 1. The predicted molar refractivity (Wildman–Crippen MR) is 84.8 cm³/mol. The van der Waals surface area contributed by atoms with Crippen LogP contribution >= 0.6 is 11.6 Å². The molecule has 3 rings (SSSR count). The number of carbonyl (C=O) groups excluding carboxylic acids is 1. The first-order valence-electron chi connectivity index (χ1n) is 6.58. The van der Waals surface area contributed by atoms with Gasteiger partial charge in [0.15, 0.2) is 6.29 Å². The first kappa shape index (κ1) is 13.7. The molecule has 0 saturated heterocycles. The molecule has 0 N–H and O–H groups in total. The average molecular weight is 297 g/mol. The number of fused-ring (bicyclic) bond motifs is 1. The van der Waals surface area contributed by atoms with Gasteiger partial charge in [0, 0.05) is 10.6 Å². The maximum Gasteiger partial charge on any atom is 0.170 e. The lowest BCUT2D eigenvalue weighted by atomic mass is 10.1. The van der Waals surface area contributed by atoms with E-state index in [1.807, 2.05) is 38.1 Å². The minimum Gasteiger partial charge on any atom is -0.296 e. The number of aromatic nitrogens is 2. The lowest BCUT2D eigenvalue weighted by Crippen LogP contribution is -1.98. The Morgan fingerprint density at radius 2 is 1.52 bits per heavy atom. The standard InChI is InChI=1S/C17H13ClN2O/c1-10-7-14-15(8-11(10)2)20-17(16(9-21)19-14)12-3-5-13(18)6-4-12/h3-9H,1-2H3. The van der Waals surface area contributed by atoms with E-state index in [1.54, 1.807) is 12.1 Å². The maximum absolute atomic E-state index is 11.3. The smallest absolute Gasteiger partial charge is 0.170 e. The van der Waals surface area contributed by atoms with Crippen molar-refractivity contribution in [2.75, 3.05) is 0 Å². The highest BCUT2D eigenvalue weighted by Gasteiger charge is 2.11. The van der Waals surface area contributed by atoms with Crippen molar-refractivity contribution >= 4 is 28.9 Å². The van der Waals surface area contributed by atoms with Gasteiger partial charge in [0.2, 0.25) is 0 Å². The zero-order chi connectivity index (χ0) is 15.0. The number of benzene rings is 2. The molecule has 3 nitrogen and oxygen atoms in total. The molecule has 0 saturated carbocycles. The van der Waals surface area contributed by atoms with Crippen LogP contribution in [-0.2, 0) is 0 Å². The van der Waals surface area contributed by atoms with E-state index >= 15 is 0 Å². The van der Waals surface area contributed by atoms with E-state index < -0.39 is 0 Å². The van der Waals surface area contributed by atoms with Crippen LogP contribution in [0.4, 0.5) is 0 Å². The molecule has 0 aliphatic heterocycles. The van der Waals surface area contributed by atoms with E-state index in [2.05, 4.69) is 9.97 Å². The fraction of sp³-hybridized carbons (Fsp3) is 0.118. The van der Waals surface area contributed by atoms with Gasteiger partial charge in [-0.3, -0.25) is 4.79 Å². The number of rotatable bonds is 2. The summed E-state index contributed by atoms with van der Waals surface area (Å²) >= 11 is 5.90. The van der Waals surface area contributed by atoms with Gasteiger partial charge in [0.1, 0.15) is 11.4 Å². The Kier molecular flexibility index (Phi) is 3.43. The summed E-state index contributed by atoms with van der Waals surface area (Å²) in [6.45, 7) is 4.05. The molecule has 0 aliphatic carbocycles. The van der Waals surface area contributed by atoms with Gasteiger partial charge in [-0.05, 0) is 49.2 Å². The molecule has 21 heavy (non-hydrogen) atoms. The van der Waals surface area contributed by atoms with Crippen LogP contribution in [0.25, 0.3) is 22.3 Å². The highest BCUT2D eigenvalue weighted by atomic mass is 35.5. The van der Waals surface area contributed by atoms with Crippen molar-refractivity contribution in [2.45, 2.75) is 13.8 Å². The summed E-state index contributed by atoms with van der Waals surface area (Å²) in [5.41, 5.74) is 5.55. The van der Waals surface area contributed by atoms with E-state index in [0.29, 0.717) is 16.4 Å². The summed E-state index contributed by atoms with van der Waals surface area (Å²) in [5, 5.41) is 0.645. The maximum atomic E-state index is 11.3. The molecule has 0 unspecified atom stereocenters. The molecule has 4 heteroatoms. The number of carbonyl (C=O) groups is 1. The molecular weight excluding hydrogens is 284 g/mol. The molecule has 0 aliphatic rings. The highest BCUT2D eigenvalue weighted by Crippen LogP contribution is 2.25. The van der Waals surface area contributed by atoms with Crippen LogP contribution in [0.5, 0.6) is 0 Å². The quantitative estimate of drug-likeness (QED) is 0.659. The summed E-state index contributed by atoms with van der Waals surface area (Å²) in [5.74, 6) is 0. The summed E-state index contributed by atoms with van der Waals surface area (Å²) < 4.78 is 0. The Morgan fingerprint density at radius 3 is 2.10 bits per heavy atom. The van der Waals surface area contributed by atoms with Gasteiger partial charge in [-0.25, -0.2) is 9.97 Å². The largest absolute Gasteiger partial charge is 0.296 e. The fourth-order valence-corrected chi connectivity index (χ4v) is 2.35. The molecule has 3 aromatic rings. The lowest BCUT2D eigenvalue weighted by Gasteiger charge is -2.08. The molecule has 0 radical (unpaired) electrons. The van der Waals surface area contributed by atoms with Gasteiger partial charge in [-0.15, -0.1) is 0 Å². The first-order chi connectivity index (χ1) is 10.1. The summed E-state index contributed by atoms with van der Waals surface area (Å²) in [6.07, 6.45) is 0.742. The van der Waals surface area contributed by atoms with Crippen LogP contribution in [0, 0.1) is 13.8 Å². The summed E-state index contributed by atoms with van der Waals surface area (Å²) in [7, 11) is 0. The third-order valence-corrected chi connectivity index (χ3v) is 3.79. The van der Waals surface area contributed by atoms with Crippen molar-refractivity contribution in [3.05, 3.63) is 58.2 Å². The number of hydrogen-bond acceptors (Lipinski definition) is 3. The molecule has 1 aromatic heterocycles. The minimum absolute atomic E-state index is 0.341. The van der Waals surface area contributed by atoms with Crippen molar-refractivity contribution in [3.63, 3.8) is 0 Å². The van der Waals surface area contributed by atoms with Crippen molar-refractivity contribution in [2.24, 2.45) is 0 Å². The van der Waals surface area contributed by atoms with E-state index in [9.17, 15) is 4.79 Å². The summed E-state index contributed by atoms with van der Waals surface area (Å²) in [6, 6.07) is 11.2. The van der Waals surface area contributed by atoms with E-state index in [-0.39, 0.29) is 0 Å². The highest BCUT2D eigenvalue weighted by molar-refractivity contribution is 6.30. The molecular formula is C17H13ClN2O. The lowest BCUT2D eigenvalue weighted by molar-refractivity contribution is 0.111. The molecule has 104 valence electrons. The van der Waals surface area contributed by atoms with Gasteiger partial charge < -0.3 is 0 Å². The zero-order valence-corrected chi connectivity index (χ0v) is 12.5. The average Bonchev–Trinajstić information content (AvgIpc) is 2.48. The summed E-state index contributed by atoms with van der Waals surface area (Å²) in [4.78, 5) is 20.4. The number of hydrogen-bond donors (Lipinski definition) is 0. The first-order valence-corrected chi connectivity index (χ1v) is 6.96. The van der Waals surface area contributed by atoms with Crippen LogP contribution in [0.15, 0.2) is 36.4 Å². The zero-order valence-electron chi connectivity index (χ0n) is 11.7. The second-order valence-electron chi connectivity index (χ2n) is 5.01. The van der Waals surface area contributed by atoms with Crippen LogP contribution in [0.2, 0.25) is 5.02 Å². The van der Waals surface area contributed by atoms with Crippen molar-refractivity contribution < 1.29 is 4.79 Å². The molecule has 1 heterocycles. The monoisotopic (exact) mass is 296 g/mol. The normalized spacial score (nSPS) is 10.8. The number of nitrogens with zero attached hydrogens (tertiary/aromatic N) is 2. The number of aryl methyl sites for hydroxylation is 2. The van der Waals surface area contributed by atoms with Gasteiger partial charge >= 0.3 is 0 Å². The fourth-order valence-electron chi connectivity index (χ4n) is 2.23. The SMILES string of the molecule is Cc1cc2nc(C=O)c(-c3ccc(Cl)cc3)nc2cc1C. The van der Waals surface area contributed by atoms with E-state index in [0.717, 1.165) is 34.0 Å². The van der Waals surface area contributed by atoms with Crippen LogP contribution < -0.4 is 0 Å². The molecule has 0 spiro atoms. The third-order valence-electron chi connectivity index (χ3n) is 3.54. The van der Waals surface area contributed by atoms with E-state index in [1.165, 1.54) is 0 Å². The Hall–Kier alpha value is -2.26. The van der Waals surface area contributed by atoms with Gasteiger partial charge in [-0.1, -0.05) is 23.7 Å². The molecule has 0 amide bonds. The number of aldehydes is 1. The van der Waals surface area contributed by atoms with Crippen LogP contribution in [-0.4, -0.2) is 16.3 Å². The minimum atomic E-state index is 0.341. The van der Waals surface area contributed by atoms with Crippen molar-refractivity contribution in [1.82, 2.24) is 9.97 Å².